The molecular weight excluding hydrogens is 266 g/mol. The van der Waals surface area contributed by atoms with Gasteiger partial charge in [-0.2, -0.15) is 0 Å². The average molecular weight is 281 g/mol. The molecule has 0 spiro atoms. The van der Waals surface area contributed by atoms with E-state index < -0.39 is 5.97 Å². The number of hydrogen-bond acceptors (Lipinski definition) is 5. The summed E-state index contributed by atoms with van der Waals surface area (Å²) in [4.78, 5) is 16.2. The summed E-state index contributed by atoms with van der Waals surface area (Å²) in [6, 6.07) is 1.70. The van der Waals surface area contributed by atoms with Crippen LogP contribution < -0.4 is 0 Å². The van der Waals surface area contributed by atoms with Crippen molar-refractivity contribution >= 4 is 17.3 Å². The lowest BCUT2D eigenvalue weighted by molar-refractivity contribution is 0.0647. The molecule has 6 heteroatoms. The van der Waals surface area contributed by atoms with Gasteiger partial charge in [-0.25, -0.2) is 9.78 Å². The van der Waals surface area contributed by atoms with Gasteiger partial charge in [-0.05, 0) is 19.9 Å². The molecule has 0 aliphatic rings. The minimum Gasteiger partial charge on any atom is -0.475 e. The van der Waals surface area contributed by atoms with Gasteiger partial charge in [-0.3, -0.25) is 0 Å². The lowest BCUT2D eigenvalue weighted by Crippen LogP contribution is -1.98. The van der Waals surface area contributed by atoms with E-state index in [0.29, 0.717) is 17.9 Å². The molecule has 1 N–H and O–H groups in total. The van der Waals surface area contributed by atoms with Gasteiger partial charge in [0.25, 0.3) is 0 Å². The number of furan rings is 1. The zero-order valence-corrected chi connectivity index (χ0v) is 11.6. The third kappa shape index (κ3) is 3.42. The molecule has 0 aliphatic heterocycles. The number of hydrogen-bond donors (Lipinski definition) is 1. The van der Waals surface area contributed by atoms with E-state index in [4.69, 9.17) is 14.3 Å². The van der Waals surface area contributed by atoms with Gasteiger partial charge < -0.3 is 14.3 Å². The van der Waals surface area contributed by atoms with Crippen LogP contribution >= 0.6 is 11.3 Å². The van der Waals surface area contributed by atoms with E-state index in [1.54, 1.807) is 24.3 Å². The molecule has 0 bridgehead atoms. The summed E-state index contributed by atoms with van der Waals surface area (Å²) in [7, 11) is 0. The van der Waals surface area contributed by atoms with Crippen molar-refractivity contribution in [3.8, 4) is 0 Å². The second kappa shape index (κ2) is 5.99. The fraction of sp³-hybridized carbons (Fsp3) is 0.385. The number of ether oxygens (including phenoxy) is 1. The van der Waals surface area contributed by atoms with Gasteiger partial charge in [0.15, 0.2) is 0 Å². The van der Waals surface area contributed by atoms with Gasteiger partial charge in [-0.1, -0.05) is 0 Å². The number of nitrogens with zero attached hydrogens (tertiary/aromatic N) is 1. The van der Waals surface area contributed by atoms with Gasteiger partial charge in [0.2, 0.25) is 5.76 Å². The molecular formula is C13H15NO4S. The van der Waals surface area contributed by atoms with Crippen LogP contribution in [0.25, 0.3) is 0 Å². The minimum absolute atomic E-state index is 0.0168. The Morgan fingerprint density at radius 2 is 2.32 bits per heavy atom. The summed E-state index contributed by atoms with van der Waals surface area (Å²) in [5.74, 6) is -0.531. The van der Waals surface area contributed by atoms with Gasteiger partial charge in [0.05, 0.1) is 17.8 Å². The third-order valence-electron chi connectivity index (χ3n) is 2.73. The molecule has 19 heavy (non-hydrogen) atoms. The first kappa shape index (κ1) is 13.8. The van der Waals surface area contributed by atoms with Gasteiger partial charge in [-0.15, -0.1) is 11.3 Å². The molecule has 2 aromatic rings. The predicted octanol–water partition coefficient (Wildman–Crippen LogP) is 2.81. The Hall–Kier alpha value is -1.66. The van der Waals surface area contributed by atoms with E-state index in [1.807, 2.05) is 12.4 Å². The number of carboxylic acids is 1. The summed E-state index contributed by atoms with van der Waals surface area (Å²) < 4.78 is 10.7. The molecule has 0 aliphatic carbocycles. The fourth-order valence-corrected chi connectivity index (χ4v) is 2.50. The predicted molar refractivity (Wildman–Crippen MR) is 70.6 cm³/mol. The number of aryl methyl sites for hydroxylation is 2. The van der Waals surface area contributed by atoms with Crippen molar-refractivity contribution in [3.63, 3.8) is 0 Å². The first-order valence-electron chi connectivity index (χ1n) is 5.87. The first-order chi connectivity index (χ1) is 9.08. The van der Waals surface area contributed by atoms with Crippen LogP contribution in [0.1, 0.15) is 32.4 Å². The summed E-state index contributed by atoms with van der Waals surface area (Å²) in [6.07, 6.45) is 0.808. The van der Waals surface area contributed by atoms with Gasteiger partial charge >= 0.3 is 5.97 Å². The zero-order chi connectivity index (χ0) is 13.8. The molecule has 5 nitrogen and oxygen atoms in total. The van der Waals surface area contributed by atoms with E-state index in [1.165, 1.54) is 4.88 Å². The molecule has 0 fully saturated rings. The summed E-state index contributed by atoms with van der Waals surface area (Å²) >= 11 is 1.61. The second-order valence-electron chi connectivity index (χ2n) is 4.19. The highest BCUT2D eigenvalue weighted by Gasteiger charge is 2.14. The standard InChI is InChI=1S/C13H15NO4S/c1-8-5-10(18-12(8)13(15)16)6-17-4-3-11-9(2)14-7-19-11/h5,7H,3-4,6H2,1-2H3,(H,15,16). The quantitative estimate of drug-likeness (QED) is 0.824. The van der Waals surface area contributed by atoms with Crippen LogP contribution in [0.5, 0.6) is 0 Å². The van der Waals surface area contributed by atoms with Gasteiger partial charge in [0.1, 0.15) is 12.4 Å². The Bertz CT molecular complexity index is 573. The van der Waals surface area contributed by atoms with Gasteiger partial charge in [0, 0.05) is 16.9 Å². The molecule has 102 valence electrons. The first-order valence-corrected chi connectivity index (χ1v) is 6.75. The lowest BCUT2D eigenvalue weighted by atomic mass is 10.3. The van der Waals surface area contributed by atoms with E-state index >= 15 is 0 Å². The SMILES string of the molecule is Cc1cc(COCCc2scnc2C)oc1C(=O)O. The molecule has 0 radical (unpaired) electrons. The average Bonchev–Trinajstić information content (AvgIpc) is 2.91. The van der Waals surface area contributed by atoms with Crippen LogP contribution in [0.4, 0.5) is 0 Å². The van der Waals surface area contributed by atoms with Crippen molar-refractivity contribution in [1.29, 1.82) is 0 Å². The second-order valence-corrected chi connectivity index (χ2v) is 5.13. The molecule has 0 saturated heterocycles. The van der Waals surface area contributed by atoms with Crippen LogP contribution in [-0.2, 0) is 17.8 Å². The smallest absolute Gasteiger partial charge is 0.372 e. The van der Waals surface area contributed by atoms with Crippen molar-refractivity contribution < 1.29 is 19.1 Å². The van der Waals surface area contributed by atoms with Crippen molar-refractivity contribution in [2.45, 2.75) is 26.9 Å². The minimum atomic E-state index is -1.05. The normalized spacial score (nSPS) is 10.8. The molecule has 2 aromatic heterocycles. The number of carboxylic acid groups (broad SMARTS) is 1. The maximum absolute atomic E-state index is 10.8. The van der Waals surface area contributed by atoms with Crippen LogP contribution in [0.15, 0.2) is 16.0 Å². The number of carbonyl (C=O) groups is 1. The Kier molecular flexibility index (Phi) is 4.34. The maximum atomic E-state index is 10.8. The number of rotatable bonds is 6. The molecule has 2 rings (SSSR count). The number of aromatic nitrogens is 1. The monoisotopic (exact) mass is 281 g/mol. The van der Waals surface area contributed by atoms with Crippen molar-refractivity contribution in [2.75, 3.05) is 6.61 Å². The Morgan fingerprint density at radius 1 is 1.53 bits per heavy atom. The summed E-state index contributed by atoms with van der Waals surface area (Å²) in [5.41, 5.74) is 3.47. The van der Waals surface area contributed by atoms with E-state index in [9.17, 15) is 4.79 Å². The van der Waals surface area contributed by atoms with Crippen LogP contribution in [0, 0.1) is 13.8 Å². The Morgan fingerprint density at radius 3 is 2.89 bits per heavy atom. The molecule has 2 heterocycles. The molecule has 0 amide bonds. The maximum Gasteiger partial charge on any atom is 0.372 e. The number of aromatic carboxylic acids is 1. The van der Waals surface area contributed by atoms with Crippen LogP contribution in [-0.4, -0.2) is 22.7 Å². The zero-order valence-electron chi connectivity index (χ0n) is 10.8. The summed E-state index contributed by atoms with van der Waals surface area (Å²) in [6.45, 7) is 4.52. The highest BCUT2D eigenvalue weighted by molar-refractivity contribution is 7.09. The largest absolute Gasteiger partial charge is 0.475 e. The molecule has 0 aromatic carbocycles. The topological polar surface area (TPSA) is 72.6 Å². The molecule has 0 saturated carbocycles. The third-order valence-corrected chi connectivity index (χ3v) is 3.72. The number of thiazole rings is 1. The van der Waals surface area contributed by atoms with Crippen molar-refractivity contribution in [3.05, 3.63) is 39.2 Å². The van der Waals surface area contributed by atoms with Crippen molar-refractivity contribution in [2.24, 2.45) is 0 Å². The van der Waals surface area contributed by atoms with E-state index in [2.05, 4.69) is 4.98 Å². The Balaban J connectivity index is 1.81. The Labute approximate surface area is 114 Å². The summed E-state index contributed by atoms with van der Waals surface area (Å²) in [5, 5.41) is 8.87. The van der Waals surface area contributed by atoms with Crippen LogP contribution in [0.3, 0.4) is 0 Å². The highest BCUT2D eigenvalue weighted by atomic mass is 32.1. The molecule has 0 atom stereocenters. The fourth-order valence-electron chi connectivity index (χ4n) is 1.74. The van der Waals surface area contributed by atoms with Crippen LogP contribution in [0.2, 0.25) is 0 Å². The lowest BCUT2D eigenvalue weighted by Gasteiger charge is -2.01. The molecule has 0 unspecified atom stereocenters. The van der Waals surface area contributed by atoms with E-state index in [-0.39, 0.29) is 12.4 Å². The highest BCUT2D eigenvalue weighted by Crippen LogP contribution is 2.16. The van der Waals surface area contributed by atoms with Crippen molar-refractivity contribution in [1.82, 2.24) is 4.98 Å². The van der Waals surface area contributed by atoms with E-state index in [0.717, 1.165) is 12.1 Å².